The maximum atomic E-state index is 11.0. The lowest BCUT2D eigenvalue weighted by molar-refractivity contribution is 0.589. The van der Waals surface area contributed by atoms with Crippen molar-refractivity contribution in [3.05, 3.63) is 35.9 Å². The number of hydrazone groups is 1. The standard InChI is InChI=1S/C11H16N4O2S2/c1-19(16,17)13-8-7-10(14-15-11(12)18)9-5-3-2-4-6-9/h2-6,13H,7-8H2,1H3,(H3,12,15,18). The van der Waals surface area contributed by atoms with Crippen LogP contribution in [-0.2, 0) is 10.0 Å². The summed E-state index contributed by atoms with van der Waals surface area (Å²) in [5, 5.41) is 4.14. The molecule has 0 fully saturated rings. The third kappa shape index (κ3) is 6.85. The van der Waals surface area contributed by atoms with Gasteiger partial charge in [0.1, 0.15) is 0 Å². The number of benzene rings is 1. The Hall–Kier alpha value is -1.51. The first-order valence-electron chi connectivity index (χ1n) is 5.50. The van der Waals surface area contributed by atoms with Gasteiger partial charge in [0.2, 0.25) is 10.0 Å². The molecule has 0 atom stereocenters. The van der Waals surface area contributed by atoms with Crippen LogP contribution in [0.25, 0.3) is 0 Å². The molecule has 0 spiro atoms. The minimum atomic E-state index is -3.21. The molecular weight excluding hydrogens is 284 g/mol. The summed E-state index contributed by atoms with van der Waals surface area (Å²) >= 11 is 4.68. The van der Waals surface area contributed by atoms with Crippen molar-refractivity contribution in [3.8, 4) is 0 Å². The van der Waals surface area contributed by atoms with E-state index in [2.05, 4.69) is 27.5 Å². The van der Waals surface area contributed by atoms with Gasteiger partial charge in [-0.15, -0.1) is 0 Å². The number of hydrogen-bond acceptors (Lipinski definition) is 4. The van der Waals surface area contributed by atoms with E-state index in [-0.39, 0.29) is 11.7 Å². The summed E-state index contributed by atoms with van der Waals surface area (Å²) in [5.74, 6) is 0. The second-order valence-corrected chi connectivity index (χ2v) is 6.09. The van der Waals surface area contributed by atoms with Gasteiger partial charge < -0.3 is 5.73 Å². The van der Waals surface area contributed by atoms with Crippen molar-refractivity contribution in [3.63, 3.8) is 0 Å². The Morgan fingerprint density at radius 3 is 2.53 bits per heavy atom. The molecule has 1 rings (SSSR count). The first-order chi connectivity index (χ1) is 8.88. The number of thiocarbonyl (C=S) groups is 1. The fourth-order valence-electron chi connectivity index (χ4n) is 1.37. The summed E-state index contributed by atoms with van der Waals surface area (Å²) in [4.78, 5) is 0. The van der Waals surface area contributed by atoms with Crippen LogP contribution in [-0.4, -0.2) is 32.0 Å². The number of nitrogens with two attached hydrogens (primary N) is 1. The largest absolute Gasteiger partial charge is 0.375 e. The zero-order valence-corrected chi connectivity index (χ0v) is 12.1. The van der Waals surface area contributed by atoms with Crippen LogP contribution in [0.4, 0.5) is 0 Å². The number of nitrogens with one attached hydrogen (secondary N) is 2. The molecule has 0 amide bonds. The zero-order valence-electron chi connectivity index (χ0n) is 10.5. The van der Waals surface area contributed by atoms with Crippen molar-refractivity contribution in [2.45, 2.75) is 6.42 Å². The van der Waals surface area contributed by atoms with Crippen LogP contribution < -0.4 is 15.9 Å². The quantitative estimate of drug-likeness (QED) is 0.395. The molecule has 104 valence electrons. The number of sulfonamides is 1. The van der Waals surface area contributed by atoms with Crippen molar-refractivity contribution < 1.29 is 8.42 Å². The molecule has 0 heterocycles. The van der Waals surface area contributed by atoms with Gasteiger partial charge in [-0.25, -0.2) is 13.1 Å². The number of hydrogen-bond donors (Lipinski definition) is 3. The van der Waals surface area contributed by atoms with Crippen LogP contribution in [0, 0.1) is 0 Å². The molecule has 0 aliphatic heterocycles. The third-order valence-electron chi connectivity index (χ3n) is 2.13. The summed E-state index contributed by atoms with van der Waals surface area (Å²) in [7, 11) is -3.21. The minimum Gasteiger partial charge on any atom is -0.375 e. The van der Waals surface area contributed by atoms with Gasteiger partial charge in [0.15, 0.2) is 5.11 Å². The molecule has 8 heteroatoms. The van der Waals surface area contributed by atoms with E-state index >= 15 is 0 Å². The molecule has 0 aliphatic rings. The molecule has 19 heavy (non-hydrogen) atoms. The van der Waals surface area contributed by atoms with Crippen LogP contribution in [0.5, 0.6) is 0 Å². The highest BCUT2D eigenvalue weighted by Gasteiger charge is 2.06. The van der Waals surface area contributed by atoms with Gasteiger partial charge in [0, 0.05) is 13.0 Å². The molecular formula is C11H16N4O2S2. The van der Waals surface area contributed by atoms with Crippen molar-refractivity contribution in [2.24, 2.45) is 10.8 Å². The first-order valence-corrected chi connectivity index (χ1v) is 7.80. The average Bonchev–Trinajstić information content (AvgIpc) is 2.33. The van der Waals surface area contributed by atoms with Crippen molar-refractivity contribution in [1.82, 2.24) is 10.1 Å². The Labute approximate surface area is 118 Å². The maximum Gasteiger partial charge on any atom is 0.208 e. The van der Waals surface area contributed by atoms with Crippen LogP contribution >= 0.6 is 12.2 Å². The Balaban J connectivity index is 2.76. The normalized spacial score (nSPS) is 12.2. The highest BCUT2D eigenvalue weighted by molar-refractivity contribution is 7.88. The van der Waals surface area contributed by atoms with E-state index in [0.29, 0.717) is 12.1 Å². The lowest BCUT2D eigenvalue weighted by Gasteiger charge is -2.07. The molecule has 1 aromatic rings. The fourth-order valence-corrected chi connectivity index (χ4v) is 1.89. The minimum absolute atomic E-state index is 0.0597. The average molecular weight is 300 g/mol. The molecule has 0 unspecified atom stereocenters. The summed E-state index contributed by atoms with van der Waals surface area (Å²) < 4.78 is 24.4. The van der Waals surface area contributed by atoms with Crippen LogP contribution in [0.1, 0.15) is 12.0 Å². The van der Waals surface area contributed by atoms with E-state index in [1.165, 1.54) is 0 Å². The van der Waals surface area contributed by atoms with Gasteiger partial charge in [-0.3, -0.25) is 5.43 Å². The highest BCUT2D eigenvalue weighted by atomic mass is 32.2. The Morgan fingerprint density at radius 1 is 1.37 bits per heavy atom. The van der Waals surface area contributed by atoms with E-state index in [1.807, 2.05) is 30.3 Å². The van der Waals surface area contributed by atoms with Crippen molar-refractivity contribution >= 4 is 33.1 Å². The summed E-state index contributed by atoms with van der Waals surface area (Å²) in [5.41, 5.74) is 9.38. The lowest BCUT2D eigenvalue weighted by atomic mass is 10.1. The van der Waals surface area contributed by atoms with Gasteiger partial charge in [-0.2, -0.15) is 5.10 Å². The van der Waals surface area contributed by atoms with E-state index in [0.717, 1.165) is 11.8 Å². The van der Waals surface area contributed by atoms with Gasteiger partial charge in [0.25, 0.3) is 0 Å². The lowest BCUT2D eigenvalue weighted by Crippen LogP contribution is -2.28. The fraction of sp³-hybridized carbons (Fsp3) is 0.273. The van der Waals surface area contributed by atoms with Gasteiger partial charge in [0.05, 0.1) is 12.0 Å². The first kappa shape index (κ1) is 15.5. The molecule has 0 aliphatic carbocycles. The Bertz CT molecular complexity index is 555. The molecule has 0 aromatic heterocycles. The molecule has 1 aromatic carbocycles. The predicted molar refractivity (Wildman–Crippen MR) is 80.4 cm³/mol. The van der Waals surface area contributed by atoms with E-state index < -0.39 is 10.0 Å². The molecule has 0 bridgehead atoms. The molecule has 4 N–H and O–H groups in total. The monoisotopic (exact) mass is 300 g/mol. The zero-order chi connectivity index (χ0) is 14.3. The number of nitrogens with zero attached hydrogens (tertiary/aromatic N) is 1. The molecule has 6 nitrogen and oxygen atoms in total. The molecule has 0 saturated heterocycles. The summed E-state index contributed by atoms with van der Waals surface area (Å²) in [6.45, 7) is 0.256. The van der Waals surface area contributed by atoms with Crippen LogP contribution in [0.3, 0.4) is 0 Å². The summed E-state index contributed by atoms with van der Waals surface area (Å²) in [6.07, 6.45) is 1.53. The SMILES string of the molecule is CS(=O)(=O)NCCC(=NNC(N)=S)c1ccccc1. The number of rotatable bonds is 6. The van der Waals surface area contributed by atoms with E-state index in [4.69, 9.17) is 5.73 Å². The smallest absolute Gasteiger partial charge is 0.208 e. The predicted octanol–water partition coefficient (Wildman–Crippen LogP) is 0.163. The van der Waals surface area contributed by atoms with Crippen LogP contribution in [0.15, 0.2) is 35.4 Å². The second kappa shape index (κ2) is 7.17. The van der Waals surface area contributed by atoms with Crippen molar-refractivity contribution in [1.29, 1.82) is 0 Å². The van der Waals surface area contributed by atoms with Crippen molar-refractivity contribution in [2.75, 3.05) is 12.8 Å². The topological polar surface area (TPSA) is 96.6 Å². The Morgan fingerprint density at radius 2 is 2.00 bits per heavy atom. The highest BCUT2D eigenvalue weighted by Crippen LogP contribution is 2.04. The summed E-state index contributed by atoms with van der Waals surface area (Å²) in [6, 6.07) is 9.38. The van der Waals surface area contributed by atoms with E-state index in [9.17, 15) is 8.42 Å². The molecule has 0 saturated carbocycles. The van der Waals surface area contributed by atoms with Gasteiger partial charge in [-0.1, -0.05) is 30.3 Å². The van der Waals surface area contributed by atoms with E-state index in [1.54, 1.807) is 0 Å². The van der Waals surface area contributed by atoms with Gasteiger partial charge >= 0.3 is 0 Å². The van der Waals surface area contributed by atoms with Gasteiger partial charge in [-0.05, 0) is 17.8 Å². The maximum absolute atomic E-state index is 11.0. The second-order valence-electron chi connectivity index (χ2n) is 3.82. The molecule has 0 radical (unpaired) electrons. The third-order valence-corrected chi connectivity index (χ3v) is 2.95. The Kier molecular flexibility index (Phi) is 5.87. The van der Waals surface area contributed by atoms with Crippen LogP contribution in [0.2, 0.25) is 0 Å².